The molecule has 6 heteroatoms. The van der Waals surface area contributed by atoms with Gasteiger partial charge in [-0.2, -0.15) is 0 Å². The number of rotatable bonds is 4. The van der Waals surface area contributed by atoms with E-state index >= 15 is 0 Å². The molecule has 0 atom stereocenters. The molecule has 0 bridgehead atoms. The maximum atomic E-state index is 11.8. The molecule has 1 aromatic rings. The molecule has 0 aromatic carbocycles. The van der Waals surface area contributed by atoms with Gasteiger partial charge in [0, 0.05) is 13.1 Å². The minimum atomic E-state index is 0.0211. The summed E-state index contributed by atoms with van der Waals surface area (Å²) >= 11 is 0. The monoisotopic (exact) mass is 252 g/mol. The van der Waals surface area contributed by atoms with Gasteiger partial charge in [-0.3, -0.25) is 9.69 Å². The minimum absolute atomic E-state index is 0.0211. The molecule has 2 N–H and O–H groups in total. The molecule has 1 saturated heterocycles. The van der Waals surface area contributed by atoms with Crippen LogP contribution in [0.3, 0.4) is 0 Å². The Morgan fingerprint density at radius 2 is 2.44 bits per heavy atom. The molecule has 0 saturated carbocycles. The van der Waals surface area contributed by atoms with Crippen LogP contribution in [-0.4, -0.2) is 48.5 Å². The van der Waals surface area contributed by atoms with Gasteiger partial charge >= 0.3 is 0 Å². The van der Waals surface area contributed by atoms with Crippen molar-refractivity contribution >= 4 is 5.91 Å². The fourth-order valence-corrected chi connectivity index (χ4v) is 1.98. The van der Waals surface area contributed by atoms with E-state index < -0.39 is 0 Å². The molecule has 1 fully saturated rings. The maximum absolute atomic E-state index is 11.8. The van der Waals surface area contributed by atoms with Gasteiger partial charge in [-0.25, -0.2) is 4.98 Å². The van der Waals surface area contributed by atoms with Crippen molar-refractivity contribution in [2.75, 3.05) is 32.7 Å². The van der Waals surface area contributed by atoms with Gasteiger partial charge in [-0.05, 0) is 26.4 Å². The molecule has 1 aliphatic rings. The summed E-state index contributed by atoms with van der Waals surface area (Å²) in [5.74, 6) is 1.34. The summed E-state index contributed by atoms with van der Waals surface area (Å²) in [5, 5.41) is 6.14. The highest BCUT2D eigenvalue weighted by Crippen LogP contribution is 2.00. The zero-order chi connectivity index (χ0) is 12.8. The number of carbonyl (C=O) groups is 1. The van der Waals surface area contributed by atoms with Crippen LogP contribution in [0.15, 0.2) is 10.6 Å². The van der Waals surface area contributed by atoms with Crippen molar-refractivity contribution in [1.82, 2.24) is 20.5 Å². The average molecular weight is 252 g/mol. The van der Waals surface area contributed by atoms with Gasteiger partial charge < -0.3 is 15.1 Å². The maximum Gasteiger partial charge on any atom is 0.234 e. The molecule has 2 rings (SSSR count). The number of amides is 1. The molecule has 0 radical (unpaired) electrons. The van der Waals surface area contributed by atoms with E-state index in [0.29, 0.717) is 19.0 Å². The lowest BCUT2D eigenvalue weighted by Crippen LogP contribution is -2.38. The Morgan fingerprint density at radius 1 is 1.56 bits per heavy atom. The fraction of sp³-hybridized carbons (Fsp3) is 0.667. The first-order valence-electron chi connectivity index (χ1n) is 6.35. The van der Waals surface area contributed by atoms with Crippen molar-refractivity contribution in [2.45, 2.75) is 19.9 Å². The first-order chi connectivity index (χ1) is 8.74. The van der Waals surface area contributed by atoms with E-state index in [9.17, 15) is 4.79 Å². The van der Waals surface area contributed by atoms with Gasteiger partial charge in [-0.15, -0.1) is 0 Å². The molecular weight excluding hydrogens is 232 g/mol. The first kappa shape index (κ1) is 13.0. The van der Waals surface area contributed by atoms with Gasteiger partial charge in [-0.1, -0.05) is 0 Å². The number of hydrogen-bond donors (Lipinski definition) is 2. The van der Waals surface area contributed by atoms with Crippen LogP contribution in [-0.2, 0) is 11.3 Å². The van der Waals surface area contributed by atoms with E-state index in [0.717, 1.165) is 38.4 Å². The molecule has 0 spiro atoms. The molecule has 6 nitrogen and oxygen atoms in total. The van der Waals surface area contributed by atoms with Gasteiger partial charge in [0.15, 0.2) is 0 Å². The second kappa shape index (κ2) is 6.51. The quantitative estimate of drug-likeness (QED) is 0.782. The summed E-state index contributed by atoms with van der Waals surface area (Å²) in [6, 6.07) is 0. The van der Waals surface area contributed by atoms with Crippen LogP contribution in [0, 0.1) is 6.92 Å². The molecule has 18 heavy (non-hydrogen) atoms. The molecule has 2 heterocycles. The number of carbonyl (C=O) groups excluding carboxylic acids is 1. The van der Waals surface area contributed by atoms with Crippen LogP contribution in [0.25, 0.3) is 0 Å². The van der Waals surface area contributed by atoms with Crippen molar-refractivity contribution in [3.8, 4) is 0 Å². The van der Waals surface area contributed by atoms with Crippen LogP contribution < -0.4 is 10.6 Å². The Balaban J connectivity index is 1.71. The predicted molar refractivity (Wildman–Crippen MR) is 67.0 cm³/mol. The topological polar surface area (TPSA) is 70.4 Å². The standard InChI is InChI=1S/C12H20N4O2/c1-10-7-15-12(18-10)8-14-11(17)9-16-5-2-3-13-4-6-16/h7,13H,2-6,8-9H2,1H3,(H,14,17). The SMILES string of the molecule is Cc1cnc(CNC(=O)CN2CCCNCC2)o1. The normalized spacial score (nSPS) is 17.4. The fourth-order valence-electron chi connectivity index (χ4n) is 1.98. The zero-order valence-corrected chi connectivity index (χ0v) is 10.7. The van der Waals surface area contributed by atoms with Crippen molar-refractivity contribution in [2.24, 2.45) is 0 Å². The summed E-state index contributed by atoms with van der Waals surface area (Å²) in [6.07, 6.45) is 2.74. The number of aromatic nitrogens is 1. The van der Waals surface area contributed by atoms with Crippen LogP contribution in [0.4, 0.5) is 0 Å². The predicted octanol–water partition coefficient (Wildman–Crippen LogP) is -0.105. The van der Waals surface area contributed by atoms with E-state index in [-0.39, 0.29) is 5.91 Å². The van der Waals surface area contributed by atoms with Crippen molar-refractivity contribution in [3.63, 3.8) is 0 Å². The molecule has 1 aliphatic heterocycles. The summed E-state index contributed by atoms with van der Waals surface area (Å²) in [5.41, 5.74) is 0. The number of hydrogen-bond acceptors (Lipinski definition) is 5. The van der Waals surface area contributed by atoms with Crippen molar-refractivity contribution in [1.29, 1.82) is 0 Å². The van der Waals surface area contributed by atoms with E-state index in [1.54, 1.807) is 6.20 Å². The number of nitrogens with zero attached hydrogens (tertiary/aromatic N) is 2. The van der Waals surface area contributed by atoms with E-state index in [1.807, 2.05) is 6.92 Å². The highest BCUT2D eigenvalue weighted by Gasteiger charge is 2.12. The largest absolute Gasteiger partial charge is 0.444 e. The van der Waals surface area contributed by atoms with Gasteiger partial charge in [0.1, 0.15) is 5.76 Å². The summed E-state index contributed by atoms with van der Waals surface area (Å²) in [7, 11) is 0. The molecule has 1 aromatic heterocycles. The van der Waals surface area contributed by atoms with Crippen LogP contribution in [0.2, 0.25) is 0 Å². The second-order valence-electron chi connectivity index (χ2n) is 4.52. The molecule has 1 amide bonds. The third kappa shape index (κ3) is 4.12. The molecule has 0 unspecified atom stereocenters. The Labute approximate surface area is 107 Å². The van der Waals surface area contributed by atoms with Crippen LogP contribution in [0.5, 0.6) is 0 Å². The first-order valence-corrected chi connectivity index (χ1v) is 6.35. The molecular formula is C12H20N4O2. The van der Waals surface area contributed by atoms with E-state index in [4.69, 9.17) is 4.42 Å². The van der Waals surface area contributed by atoms with Gasteiger partial charge in [0.25, 0.3) is 0 Å². The molecule has 0 aliphatic carbocycles. The summed E-state index contributed by atoms with van der Waals surface area (Å²) in [6.45, 7) is 6.52. The molecule has 100 valence electrons. The highest BCUT2D eigenvalue weighted by atomic mass is 16.4. The minimum Gasteiger partial charge on any atom is -0.444 e. The Kier molecular flexibility index (Phi) is 4.72. The summed E-state index contributed by atoms with van der Waals surface area (Å²) in [4.78, 5) is 18.0. The van der Waals surface area contributed by atoms with Gasteiger partial charge in [0.2, 0.25) is 11.8 Å². The Bertz CT molecular complexity index is 383. The third-order valence-electron chi connectivity index (χ3n) is 2.91. The van der Waals surface area contributed by atoms with Gasteiger partial charge in [0.05, 0.1) is 19.3 Å². The van der Waals surface area contributed by atoms with Crippen LogP contribution in [0.1, 0.15) is 18.1 Å². The Morgan fingerprint density at radius 3 is 3.22 bits per heavy atom. The zero-order valence-electron chi connectivity index (χ0n) is 10.7. The summed E-state index contributed by atoms with van der Waals surface area (Å²) < 4.78 is 5.29. The lowest BCUT2D eigenvalue weighted by Gasteiger charge is -2.18. The smallest absolute Gasteiger partial charge is 0.234 e. The van der Waals surface area contributed by atoms with E-state index in [1.165, 1.54) is 0 Å². The van der Waals surface area contributed by atoms with E-state index in [2.05, 4.69) is 20.5 Å². The second-order valence-corrected chi connectivity index (χ2v) is 4.52. The Hall–Kier alpha value is -1.40. The number of nitrogens with one attached hydrogen (secondary N) is 2. The van der Waals surface area contributed by atoms with Crippen molar-refractivity contribution < 1.29 is 9.21 Å². The average Bonchev–Trinajstić information content (AvgIpc) is 2.60. The lowest BCUT2D eigenvalue weighted by molar-refractivity contribution is -0.122. The number of oxazole rings is 1. The lowest BCUT2D eigenvalue weighted by atomic mass is 10.4. The van der Waals surface area contributed by atoms with Crippen molar-refractivity contribution in [3.05, 3.63) is 17.8 Å². The third-order valence-corrected chi connectivity index (χ3v) is 2.91. The highest BCUT2D eigenvalue weighted by molar-refractivity contribution is 5.77. The van der Waals surface area contributed by atoms with Crippen LogP contribution >= 0.6 is 0 Å². The number of aryl methyl sites for hydroxylation is 1.